The van der Waals surface area contributed by atoms with Gasteiger partial charge in [-0.1, -0.05) is 20.8 Å². The normalized spacial score (nSPS) is 16.6. The monoisotopic (exact) mass is 388 g/mol. The van der Waals surface area contributed by atoms with Gasteiger partial charge in [-0.05, 0) is 48.3 Å². The molecule has 0 aliphatic heterocycles. The fourth-order valence-corrected chi connectivity index (χ4v) is 4.89. The van der Waals surface area contributed by atoms with Gasteiger partial charge in [0, 0.05) is 10.9 Å². The molecule has 3 rings (SSSR count). The molecular formula is C21H28N2O3S. The topological polar surface area (TPSA) is 73.6 Å². The van der Waals surface area contributed by atoms with E-state index in [1.54, 1.807) is 43.8 Å². The van der Waals surface area contributed by atoms with Gasteiger partial charge in [-0.3, -0.25) is 4.79 Å². The molecule has 0 spiro atoms. The van der Waals surface area contributed by atoms with E-state index in [1.165, 1.54) is 4.88 Å². The van der Waals surface area contributed by atoms with Crippen LogP contribution in [0, 0.1) is 11.3 Å². The predicted molar refractivity (Wildman–Crippen MR) is 111 cm³/mol. The molecule has 0 unspecified atom stereocenters. The maximum absolute atomic E-state index is 13.0. The minimum Gasteiger partial charge on any atom is -0.497 e. The summed E-state index contributed by atoms with van der Waals surface area (Å²) in [5.41, 5.74) is 8.82. The zero-order chi connectivity index (χ0) is 19.8. The number of nitrogens with one attached hydrogen (secondary N) is 1. The molecule has 1 atom stereocenters. The van der Waals surface area contributed by atoms with Crippen molar-refractivity contribution in [3.63, 3.8) is 0 Å². The highest BCUT2D eigenvalue weighted by molar-refractivity contribution is 7.16. The number of anilines is 2. The van der Waals surface area contributed by atoms with E-state index in [-0.39, 0.29) is 11.3 Å². The van der Waals surface area contributed by atoms with Crippen molar-refractivity contribution in [2.45, 2.75) is 40.0 Å². The summed E-state index contributed by atoms with van der Waals surface area (Å²) >= 11 is 1.55. The van der Waals surface area contributed by atoms with Crippen LogP contribution in [0.15, 0.2) is 18.2 Å². The van der Waals surface area contributed by atoms with E-state index in [0.717, 1.165) is 24.8 Å². The van der Waals surface area contributed by atoms with Crippen LogP contribution in [0.1, 0.15) is 48.0 Å². The standard InChI is InChI=1S/C21H28N2O3S/c1-21(2,3)12-6-8-14-17(10-12)27-19(22)18(14)20(24)23-15-11-13(25-4)7-9-16(15)26-5/h7,9,11-12H,6,8,10,22H2,1-5H3,(H,23,24)/t12-/m0/s1. The molecule has 1 heterocycles. The minimum absolute atomic E-state index is 0.189. The van der Waals surface area contributed by atoms with E-state index in [4.69, 9.17) is 15.2 Å². The lowest BCUT2D eigenvalue weighted by molar-refractivity contribution is 0.102. The fraction of sp³-hybridized carbons (Fsp3) is 0.476. The van der Waals surface area contributed by atoms with Crippen LogP contribution < -0.4 is 20.5 Å². The number of carbonyl (C=O) groups is 1. The first-order valence-corrected chi connectivity index (χ1v) is 9.99. The Kier molecular flexibility index (Phi) is 5.38. The molecule has 0 saturated heterocycles. The first-order valence-electron chi connectivity index (χ1n) is 9.18. The Morgan fingerprint density at radius 1 is 1.26 bits per heavy atom. The van der Waals surface area contributed by atoms with Crippen LogP contribution in [0.2, 0.25) is 0 Å². The van der Waals surface area contributed by atoms with Gasteiger partial charge >= 0.3 is 0 Å². The van der Waals surface area contributed by atoms with E-state index < -0.39 is 0 Å². The SMILES string of the molecule is COc1ccc(OC)c(NC(=O)c2c(N)sc3c2CC[C@H](C(C)(C)C)C3)c1. The Morgan fingerprint density at radius 2 is 2.00 bits per heavy atom. The van der Waals surface area contributed by atoms with E-state index in [0.29, 0.717) is 33.7 Å². The lowest BCUT2D eigenvalue weighted by Gasteiger charge is -2.33. The molecule has 0 fully saturated rings. The number of benzene rings is 1. The Hall–Kier alpha value is -2.21. The lowest BCUT2D eigenvalue weighted by atomic mass is 9.72. The third-order valence-corrected chi connectivity index (χ3v) is 6.48. The molecule has 2 aromatic rings. The molecule has 3 N–H and O–H groups in total. The van der Waals surface area contributed by atoms with E-state index in [1.807, 2.05) is 0 Å². The van der Waals surface area contributed by atoms with E-state index >= 15 is 0 Å². The molecule has 27 heavy (non-hydrogen) atoms. The number of fused-ring (bicyclic) bond motifs is 1. The molecule has 1 aromatic carbocycles. The second kappa shape index (κ2) is 7.43. The highest BCUT2D eigenvalue weighted by Gasteiger charge is 2.33. The van der Waals surface area contributed by atoms with Crippen molar-refractivity contribution >= 4 is 27.9 Å². The van der Waals surface area contributed by atoms with Crippen molar-refractivity contribution < 1.29 is 14.3 Å². The van der Waals surface area contributed by atoms with Gasteiger partial charge < -0.3 is 20.5 Å². The van der Waals surface area contributed by atoms with Crippen molar-refractivity contribution in [2.24, 2.45) is 11.3 Å². The molecule has 1 aromatic heterocycles. The minimum atomic E-state index is -0.189. The molecule has 1 amide bonds. The van der Waals surface area contributed by atoms with Gasteiger partial charge in [-0.15, -0.1) is 11.3 Å². The van der Waals surface area contributed by atoms with Crippen molar-refractivity contribution in [3.8, 4) is 11.5 Å². The number of amides is 1. The summed E-state index contributed by atoms with van der Waals surface area (Å²) in [4.78, 5) is 14.3. The molecule has 5 nitrogen and oxygen atoms in total. The molecule has 6 heteroatoms. The number of hydrogen-bond acceptors (Lipinski definition) is 5. The van der Waals surface area contributed by atoms with Gasteiger partial charge in [-0.2, -0.15) is 0 Å². The maximum atomic E-state index is 13.0. The van der Waals surface area contributed by atoms with Crippen LogP contribution in [0.4, 0.5) is 10.7 Å². The highest BCUT2D eigenvalue weighted by atomic mass is 32.1. The van der Waals surface area contributed by atoms with Gasteiger partial charge in [-0.25, -0.2) is 0 Å². The summed E-state index contributed by atoms with van der Waals surface area (Å²) in [5, 5.41) is 3.55. The number of nitrogen functional groups attached to an aromatic ring is 1. The van der Waals surface area contributed by atoms with Gasteiger partial charge in [0.1, 0.15) is 11.5 Å². The molecule has 0 radical (unpaired) electrons. The van der Waals surface area contributed by atoms with Crippen LogP contribution in [-0.2, 0) is 12.8 Å². The first-order chi connectivity index (χ1) is 12.7. The smallest absolute Gasteiger partial charge is 0.259 e. The molecule has 1 aliphatic carbocycles. The Labute approximate surface area is 164 Å². The highest BCUT2D eigenvalue weighted by Crippen LogP contribution is 2.43. The molecule has 1 aliphatic rings. The zero-order valence-corrected chi connectivity index (χ0v) is 17.5. The van der Waals surface area contributed by atoms with Crippen LogP contribution in [-0.4, -0.2) is 20.1 Å². The van der Waals surface area contributed by atoms with Crippen molar-refractivity contribution in [3.05, 3.63) is 34.2 Å². The number of thiophene rings is 1. The number of hydrogen-bond donors (Lipinski definition) is 2. The van der Waals surface area contributed by atoms with Gasteiger partial charge in [0.05, 0.1) is 30.5 Å². The lowest BCUT2D eigenvalue weighted by Crippen LogP contribution is -2.27. The van der Waals surface area contributed by atoms with Crippen LogP contribution in [0.5, 0.6) is 11.5 Å². The average molecular weight is 389 g/mol. The summed E-state index contributed by atoms with van der Waals surface area (Å²) in [7, 11) is 3.16. The van der Waals surface area contributed by atoms with E-state index in [2.05, 4.69) is 26.1 Å². The predicted octanol–water partition coefficient (Wildman–Crippen LogP) is 4.75. The number of rotatable bonds is 4. The van der Waals surface area contributed by atoms with Gasteiger partial charge in [0.25, 0.3) is 5.91 Å². The average Bonchev–Trinajstić information content (AvgIpc) is 2.95. The number of carbonyl (C=O) groups excluding carboxylic acids is 1. The Morgan fingerprint density at radius 3 is 2.63 bits per heavy atom. The summed E-state index contributed by atoms with van der Waals surface area (Å²) in [5.74, 6) is 1.65. The molecule has 146 valence electrons. The molecule has 0 saturated carbocycles. The van der Waals surface area contributed by atoms with E-state index in [9.17, 15) is 4.79 Å². The summed E-state index contributed by atoms with van der Waals surface area (Å²) < 4.78 is 10.6. The summed E-state index contributed by atoms with van der Waals surface area (Å²) in [6, 6.07) is 5.32. The molecule has 0 bridgehead atoms. The Balaban J connectivity index is 1.88. The number of ether oxygens (including phenoxy) is 2. The largest absolute Gasteiger partial charge is 0.497 e. The number of methoxy groups -OCH3 is 2. The zero-order valence-electron chi connectivity index (χ0n) is 16.6. The Bertz CT molecular complexity index is 852. The second-order valence-electron chi connectivity index (χ2n) is 8.07. The quantitative estimate of drug-likeness (QED) is 0.793. The van der Waals surface area contributed by atoms with Crippen LogP contribution >= 0.6 is 11.3 Å². The fourth-order valence-electron chi connectivity index (χ4n) is 3.69. The third kappa shape index (κ3) is 3.90. The van der Waals surface area contributed by atoms with Gasteiger partial charge in [0.15, 0.2) is 0 Å². The van der Waals surface area contributed by atoms with Crippen molar-refractivity contribution in [1.29, 1.82) is 0 Å². The summed E-state index contributed by atoms with van der Waals surface area (Å²) in [6.07, 6.45) is 2.96. The van der Waals surface area contributed by atoms with Crippen LogP contribution in [0.3, 0.4) is 0 Å². The molecular weight excluding hydrogens is 360 g/mol. The second-order valence-corrected chi connectivity index (χ2v) is 9.21. The maximum Gasteiger partial charge on any atom is 0.259 e. The number of nitrogens with two attached hydrogens (primary N) is 1. The van der Waals surface area contributed by atoms with Crippen LogP contribution in [0.25, 0.3) is 0 Å². The van der Waals surface area contributed by atoms with Crippen molar-refractivity contribution in [1.82, 2.24) is 0 Å². The van der Waals surface area contributed by atoms with Gasteiger partial charge in [0.2, 0.25) is 0 Å². The third-order valence-electron chi connectivity index (χ3n) is 5.40. The summed E-state index contributed by atoms with van der Waals surface area (Å²) in [6.45, 7) is 6.84. The van der Waals surface area contributed by atoms with Crippen molar-refractivity contribution in [2.75, 3.05) is 25.3 Å². The first kappa shape index (κ1) is 19.5.